The predicted molar refractivity (Wildman–Crippen MR) is 149 cm³/mol. The van der Waals surface area contributed by atoms with Crippen LogP contribution in [0.2, 0.25) is 10.0 Å². The molecule has 11 heteroatoms. The van der Waals surface area contributed by atoms with Crippen LogP contribution in [-0.2, 0) is 9.84 Å². The van der Waals surface area contributed by atoms with Gasteiger partial charge in [-0.05, 0) is 29.8 Å². The molecule has 0 spiro atoms. The normalized spacial score (nSPS) is 11.5. The number of rotatable bonds is 6. The maximum atomic E-state index is 12.4. The van der Waals surface area contributed by atoms with Crippen LogP contribution < -0.4 is 5.56 Å². The Bertz CT molecular complexity index is 1990. The standard InChI is InChI=1S/C28H17Cl2N3O5S/c1-39(37,38)27-17(14-34)8-9-23(32-27)22-7-3-6-21(26(22)30)20-5-2-4-19(25(20)29)16-10-11-33-24(12-16)31-13-18(15-35)28(33)36/h2-15H,1H3. The number of hydrogen-bond donors (Lipinski definition) is 0. The molecule has 0 aliphatic rings. The lowest BCUT2D eigenvalue weighted by Crippen LogP contribution is -2.18. The minimum Gasteiger partial charge on any atom is -0.298 e. The van der Waals surface area contributed by atoms with Crippen molar-refractivity contribution in [1.82, 2.24) is 14.4 Å². The molecule has 194 valence electrons. The van der Waals surface area contributed by atoms with Crippen molar-refractivity contribution in [3.05, 3.63) is 105 Å². The highest BCUT2D eigenvalue weighted by molar-refractivity contribution is 7.90. The minimum absolute atomic E-state index is 0.0428. The van der Waals surface area contributed by atoms with Gasteiger partial charge < -0.3 is 0 Å². The zero-order valence-corrected chi connectivity index (χ0v) is 22.5. The highest BCUT2D eigenvalue weighted by Crippen LogP contribution is 2.42. The van der Waals surface area contributed by atoms with E-state index in [2.05, 4.69) is 9.97 Å². The van der Waals surface area contributed by atoms with Crippen molar-refractivity contribution in [2.75, 3.05) is 6.26 Å². The first-order chi connectivity index (χ1) is 18.6. The second kappa shape index (κ2) is 10.2. The van der Waals surface area contributed by atoms with Crippen molar-refractivity contribution in [1.29, 1.82) is 0 Å². The lowest BCUT2D eigenvalue weighted by atomic mass is 9.97. The number of fused-ring (bicyclic) bond motifs is 1. The Labute approximate surface area is 232 Å². The van der Waals surface area contributed by atoms with Gasteiger partial charge in [0.15, 0.2) is 27.4 Å². The van der Waals surface area contributed by atoms with Gasteiger partial charge in [-0.3, -0.25) is 18.8 Å². The van der Waals surface area contributed by atoms with Crippen LogP contribution in [0.4, 0.5) is 0 Å². The molecule has 2 aromatic carbocycles. The largest absolute Gasteiger partial charge is 0.298 e. The third-order valence-corrected chi connectivity index (χ3v) is 7.95. The van der Waals surface area contributed by atoms with Crippen LogP contribution in [0.3, 0.4) is 0 Å². The van der Waals surface area contributed by atoms with Crippen molar-refractivity contribution < 1.29 is 18.0 Å². The van der Waals surface area contributed by atoms with Gasteiger partial charge in [-0.1, -0.05) is 59.6 Å². The Hall–Kier alpha value is -4.18. The number of aldehydes is 2. The predicted octanol–water partition coefficient (Wildman–Crippen LogP) is 5.43. The van der Waals surface area contributed by atoms with Crippen molar-refractivity contribution in [3.63, 3.8) is 0 Å². The zero-order chi connectivity index (χ0) is 27.9. The summed E-state index contributed by atoms with van der Waals surface area (Å²) in [6.07, 6.45) is 4.63. The number of carbonyl (C=O) groups is 2. The van der Waals surface area contributed by atoms with Gasteiger partial charge in [-0.25, -0.2) is 18.4 Å². The minimum atomic E-state index is -3.77. The van der Waals surface area contributed by atoms with E-state index in [1.807, 2.05) is 6.07 Å². The van der Waals surface area contributed by atoms with Gasteiger partial charge in [0.05, 0.1) is 26.9 Å². The van der Waals surface area contributed by atoms with E-state index in [0.717, 1.165) is 6.26 Å². The van der Waals surface area contributed by atoms with Crippen molar-refractivity contribution in [2.45, 2.75) is 5.03 Å². The molecule has 0 bridgehead atoms. The Kier molecular flexibility index (Phi) is 6.90. The number of carbonyl (C=O) groups excluding carboxylic acids is 2. The molecule has 39 heavy (non-hydrogen) atoms. The van der Waals surface area contributed by atoms with Crippen molar-refractivity contribution in [3.8, 4) is 33.5 Å². The summed E-state index contributed by atoms with van der Waals surface area (Å²) < 4.78 is 25.7. The van der Waals surface area contributed by atoms with Gasteiger partial charge in [-0.2, -0.15) is 0 Å². The molecule has 0 amide bonds. The molecule has 0 saturated carbocycles. The fourth-order valence-electron chi connectivity index (χ4n) is 4.23. The molecule has 5 rings (SSSR count). The highest BCUT2D eigenvalue weighted by atomic mass is 35.5. The Morgan fingerprint density at radius 1 is 0.821 bits per heavy atom. The van der Waals surface area contributed by atoms with E-state index in [-0.39, 0.29) is 26.9 Å². The molecule has 5 aromatic rings. The van der Waals surface area contributed by atoms with Crippen LogP contribution in [0.15, 0.2) is 82.9 Å². The molecule has 0 N–H and O–H groups in total. The van der Waals surface area contributed by atoms with Crippen LogP contribution in [0.1, 0.15) is 20.7 Å². The molecule has 0 radical (unpaired) electrons. The second-order valence-corrected chi connectivity index (χ2v) is 11.3. The van der Waals surface area contributed by atoms with E-state index in [1.165, 1.54) is 28.9 Å². The SMILES string of the molecule is CS(=O)(=O)c1nc(-c2cccc(-c3cccc(-c4ccn5c(=O)c(C=O)cnc5c4)c3Cl)c2Cl)ccc1C=O. The number of pyridine rings is 2. The summed E-state index contributed by atoms with van der Waals surface area (Å²) >= 11 is 13.7. The number of sulfone groups is 1. The van der Waals surface area contributed by atoms with Gasteiger partial charge in [0.2, 0.25) is 0 Å². The van der Waals surface area contributed by atoms with E-state index in [4.69, 9.17) is 23.2 Å². The van der Waals surface area contributed by atoms with Gasteiger partial charge in [0.1, 0.15) is 5.65 Å². The van der Waals surface area contributed by atoms with E-state index in [9.17, 15) is 22.8 Å². The summed E-state index contributed by atoms with van der Waals surface area (Å²) in [5, 5.41) is 0.338. The summed E-state index contributed by atoms with van der Waals surface area (Å²) in [6.45, 7) is 0. The first-order valence-electron chi connectivity index (χ1n) is 11.3. The Morgan fingerprint density at radius 3 is 2.08 bits per heavy atom. The van der Waals surface area contributed by atoms with Crippen molar-refractivity contribution >= 4 is 51.3 Å². The maximum Gasteiger partial charge on any atom is 0.268 e. The summed E-state index contributed by atoms with van der Waals surface area (Å²) in [4.78, 5) is 43.3. The number of hydrogen-bond acceptors (Lipinski definition) is 7. The average molecular weight is 578 g/mol. The fourth-order valence-corrected chi connectivity index (χ4v) is 5.70. The van der Waals surface area contributed by atoms with Crippen LogP contribution in [-0.4, -0.2) is 41.6 Å². The van der Waals surface area contributed by atoms with E-state index < -0.39 is 15.4 Å². The molecule has 3 aromatic heterocycles. The quantitative estimate of drug-likeness (QED) is 0.247. The lowest BCUT2D eigenvalue weighted by Gasteiger charge is -2.14. The first kappa shape index (κ1) is 26.4. The maximum absolute atomic E-state index is 12.4. The van der Waals surface area contributed by atoms with Crippen LogP contribution in [0.25, 0.3) is 39.2 Å². The topological polar surface area (TPSA) is 116 Å². The van der Waals surface area contributed by atoms with Crippen LogP contribution in [0, 0.1) is 0 Å². The van der Waals surface area contributed by atoms with Gasteiger partial charge >= 0.3 is 0 Å². The first-order valence-corrected chi connectivity index (χ1v) is 14.0. The van der Waals surface area contributed by atoms with E-state index >= 15 is 0 Å². The highest BCUT2D eigenvalue weighted by Gasteiger charge is 2.20. The number of nitrogens with zero attached hydrogens (tertiary/aromatic N) is 3. The molecule has 0 atom stereocenters. The van der Waals surface area contributed by atoms with Crippen molar-refractivity contribution in [2.24, 2.45) is 0 Å². The number of halogens is 2. The molecule has 3 heterocycles. The average Bonchev–Trinajstić information content (AvgIpc) is 2.93. The molecule has 0 aliphatic carbocycles. The monoisotopic (exact) mass is 577 g/mol. The Balaban J connectivity index is 1.63. The molecular weight excluding hydrogens is 561 g/mol. The Morgan fingerprint density at radius 2 is 1.44 bits per heavy atom. The smallest absolute Gasteiger partial charge is 0.268 e. The lowest BCUT2D eigenvalue weighted by molar-refractivity contribution is 0.111. The van der Waals surface area contributed by atoms with Crippen LogP contribution in [0.5, 0.6) is 0 Å². The summed E-state index contributed by atoms with van der Waals surface area (Å²) in [7, 11) is -3.77. The third-order valence-electron chi connectivity index (χ3n) is 6.11. The van der Waals surface area contributed by atoms with E-state index in [1.54, 1.807) is 42.5 Å². The molecular formula is C28H17Cl2N3O5S. The van der Waals surface area contributed by atoms with Gasteiger partial charge in [0.25, 0.3) is 5.56 Å². The van der Waals surface area contributed by atoms with Gasteiger partial charge in [0, 0.05) is 40.9 Å². The van der Waals surface area contributed by atoms with E-state index in [0.29, 0.717) is 51.1 Å². The summed E-state index contributed by atoms with van der Waals surface area (Å²) in [5.41, 5.74) is 3.04. The zero-order valence-electron chi connectivity index (χ0n) is 20.1. The summed E-state index contributed by atoms with van der Waals surface area (Å²) in [5.74, 6) is 0. The number of benzene rings is 2. The second-order valence-electron chi connectivity index (χ2n) is 8.60. The third kappa shape index (κ3) is 4.76. The van der Waals surface area contributed by atoms with Gasteiger partial charge in [-0.15, -0.1) is 0 Å². The summed E-state index contributed by atoms with van der Waals surface area (Å²) in [6, 6.07) is 16.9. The molecule has 0 saturated heterocycles. The molecule has 0 fully saturated rings. The molecule has 0 unspecified atom stereocenters. The molecule has 8 nitrogen and oxygen atoms in total. The fraction of sp³-hybridized carbons (Fsp3) is 0.0357. The molecule has 0 aliphatic heterocycles. The number of aromatic nitrogens is 3. The van der Waals surface area contributed by atoms with Crippen LogP contribution >= 0.6 is 23.2 Å².